The zero-order valence-electron chi connectivity index (χ0n) is 12.8. The monoisotopic (exact) mass is 298 g/mol. The number of rotatable bonds is 8. The quantitative estimate of drug-likeness (QED) is 0.572. The molecule has 0 radical (unpaired) electrons. The third kappa shape index (κ3) is 3.74. The Morgan fingerprint density at radius 1 is 1.33 bits per heavy atom. The van der Waals surface area contributed by atoms with E-state index in [2.05, 4.69) is 10.6 Å². The molecule has 21 heavy (non-hydrogen) atoms. The van der Waals surface area contributed by atoms with Crippen LogP contribution in [0.25, 0.3) is 0 Å². The van der Waals surface area contributed by atoms with Crippen molar-refractivity contribution in [2.75, 3.05) is 20.3 Å². The average molecular weight is 298 g/mol. The van der Waals surface area contributed by atoms with Crippen LogP contribution in [0, 0.1) is 17.8 Å². The molecule has 0 spiro atoms. The molecule has 1 amide bonds. The molecule has 6 heteroatoms. The summed E-state index contributed by atoms with van der Waals surface area (Å²) in [5.74, 6) is -0.459. The molecule has 0 aromatic carbocycles. The minimum absolute atomic E-state index is 0.0685. The summed E-state index contributed by atoms with van der Waals surface area (Å²) in [5, 5.41) is 15.5. The van der Waals surface area contributed by atoms with E-state index in [1.807, 2.05) is 0 Å². The molecule has 2 rings (SSSR count). The number of ether oxygens (including phenoxy) is 1. The van der Waals surface area contributed by atoms with Crippen molar-refractivity contribution in [1.82, 2.24) is 10.6 Å². The zero-order valence-corrected chi connectivity index (χ0v) is 12.8. The van der Waals surface area contributed by atoms with Crippen LogP contribution in [-0.2, 0) is 14.3 Å². The number of carboxylic acids is 1. The standard InChI is InChI=1S/C15H26N2O4/c1-9(14(18)16-6-3-7-21-2)17-13-11-5-4-10(8-11)12(13)15(19)20/h9-13,17H,3-8H2,1-2H3,(H,16,18)(H,19,20). The zero-order chi connectivity index (χ0) is 15.4. The molecule has 0 heterocycles. The van der Waals surface area contributed by atoms with Gasteiger partial charge in [-0.3, -0.25) is 9.59 Å². The molecular formula is C15H26N2O4. The molecule has 2 saturated carbocycles. The lowest BCUT2D eigenvalue weighted by Crippen LogP contribution is -2.52. The van der Waals surface area contributed by atoms with Crippen molar-refractivity contribution < 1.29 is 19.4 Å². The van der Waals surface area contributed by atoms with Gasteiger partial charge in [-0.2, -0.15) is 0 Å². The minimum atomic E-state index is -0.729. The smallest absolute Gasteiger partial charge is 0.308 e. The highest BCUT2D eigenvalue weighted by atomic mass is 16.5. The van der Waals surface area contributed by atoms with Gasteiger partial charge in [-0.05, 0) is 44.4 Å². The van der Waals surface area contributed by atoms with Crippen LogP contribution >= 0.6 is 0 Å². The molecule has 6 nitrogen and oxygen atoms in total. The van der Waals surface area contributed by atoms with Crippen LogP contribution in [0.1, 0.15) is 32.6 Å². The number of hydrogen-bond donors (Lipinski definition) is 3. The first-order valence-corrected chi connectivity index (χ1v) is 7.80. The fourth-order valence-corrected chi connectivity index (χ4v) is 3.83. The number of carboxylic acid groups (broad SMARTS) is 1. The van der Waals surface area contributed by atoms with Crippen molar-refractivity contribution in [2.24, 2.45) is 17.8 Å². The highest BCUT2D eigenvalue weighted by molar-refractivity contribution is 5.81. The van der Waals surface area contributed by atoms with Crippen LogP contribution in [0.2, 0.25) is 0 Å². The van der Waals surface area contributed by atoms with E-state index in [0.29, 0.717) is 19.1 Å². The van der Waals surface area contributed by atoms with Gasteiger partial charge >= 0.3 is 5.97 Å². The average Bonchev–Trinajstić information content (AvgIpc) is 3.04. The Kier molecular flexibility index (Phi) is 5.58. The largest absolute Gasteiger partial charge is 0.481 e. The third-order valence-electron chi connectivity index (χ3n) is 4.86. The van der Waals surface area contributed by atoms with Crippen molar-refractivity contribution in [3.8, 4) is 0 Å². The predicted molar refractivity (Wildman–Crippen MR) is 77.8 cm³/mol. The van der Waals surface area contributed by atoms with E-state index in [0.717, 1.165) is 25.7 Å². The van der Waals surface area contributed by atoms with E-state index in [1.54, 1.807) is 14.0 Å². The van der Waals surface area contributed by atoms with Gasteiger partial charge in [0.05, 0.1) is 12.0 Å². The fourth-order valence-electron chi connectivity index (χ4n) is 3.83. The van der Waals surface area contributed by atoms with Gasteiger partial charge in [-0.1, -0.05) is 0 Å². The molecule has 120 valence electrons. The molecule has 2 aliphatic carbocycles. The van der Waals surface area contributed by atoms with E-state index < -0.39 is 5.97 Å². The molecule has 5 atom stereocenters. The minimum Gasteiger partial charge on any atom is -0.481 e. The van der Waals surface area contributed by atoms with Gasteiger partial charge in [0.25, 0.3) is 0 Å². The van der Waals surface area contributed by atoms with E-state index in [-0.39, 0.29) is 29.8 Å². The van der Waals surface area contributed by atoms with Gasteiger partial charge in [0, 0.05) is 26.3 Å². The Morgan fingerprint density at radius 3 is 2.71 bits per heavy atom. The highest BCUT2D eigenvalue weighted by Crippen LogP contribution is 2.48. The molecule has 0 aromatic rings. The van der Waals surface area contributed by atoms with Crippen LogP contribution < -0.4 is 10.6 Å². The van der Waals surface area contributed by atoms with Crippen LogP contribution in [0.4, 0.5) is 0 Å². The van der Waals surface area contributed by atoms with Crippen LogP contribution in [-0.4, -0.2) is 49.3 Å². The second-order valence-corrected chi connectivity index (χ2v) is 6.25. The van der Waals surface area contributed by atoms with Gasteiger partial charge in [-0.25, -0.2) is 0 Å². The summed E-state index contributed by atoms with van der Waals surface area (Å²) in [7, 11) is 1.63. The van der Waals surface area contributed by atoms with Crippen molar-refractivity contribution >= 4 is 11.9 Å². The lowest BCUT2D eigenvalue weighted by molar-refractivity contribution is -0.145. The highest BCUT2D eigenvalue weighted by Gasteiger charge is 2.51. The number of methoxy groups -OCH3 is 1. The molecule has 2 bridgehead atoms. The molecule has 3 N–H and O–H groups in total. The second kappa shape index (κ2) is 7.22. The van der Waals surface area contributed by atoms with Crippen molar-refractivity contribution in [3.63, 3.8) is 0 Å². The SMILES string of the molecule is COCCCNC(=O)C(C)NC1C2CCC(C2)C1C(=O)O. The van der Waals surface area contributed by atoms with Gasteiger partial charge < -0.3 is 20.5 Å². The van der Waals surface area contributed by atoms with Crippen LogP contribution in [0.3, 0.4) is 0 Å². The summed E-state index contributed by atoms with van der Waals surface area (Å²) in [4.78, 5) is 23.5. The maximum atomic E-state index is 12.0. The molecule has 2 fully saturated rings. The number of aliphatic carboxylic acids is 1. The van der Waals surface area contributed by atoms with Crippen LogP contribution in [0.15, 0.2) is 0 Å². The van der Waals surface area contributed by atoms with Gasteiger partial charge in [0.2, 0.25) is 5.91 Å². The fraction of sp³-hybridized carbons (Fsp3) is 0.867. The summed E-state index contributed by atoms with van der Waals surface area (Å²) in [6.45, 7) is 3.00. The maximum absolute atomic E-state index is 12.0. The van der Waals surface area contributed by atoms with Crippen LogP contribution in [0.5, 0.6) is 0 Å². The Hall–Kier alpha value is -1.14. The van der Waals surface area contributed by atoms with Crippen molar-refractivity contribution in [2.45, 2.75) is 44.7 Å². The first-order chi connectivity index (χ1) is 10.0. The summed E-state index contributed by atoms with van der Waals surface area (Å²) in [5.41, 5.74) is 0. The molecule has 0 aromatic heterocycles. The van der Waals surface area contributed by atoms with Crippen molar-refractivity contribution in [3.05, 3.63) is 0 Å². The second-order valence-electron chi connectivity index (χ2n) is 6.25. The number of carbonyl (C=O) groups excluding carboxylic acids is 1. The summed E-state index contributed by atoms with van der Waals surface area (Å²) < 4.78 is 4.93. The normalized spacial score (nSPS) is 32.1. The predicted octanol–water partition coefficient (Wildman–Crippen LogP) is 0.617. The first kappa shape index (κ1) is 16.2. The Balaban J connectivity index is 1.82. The van der Waals surface area contributed by atoms with Crippen molar-refractivity contribution in [1.29, 1.82) is 0 Å². The number of amides is 1. The van der Waals surface area contributed by atoms with Gasteiger partial charge in [0.1, 0.15) is 0 Å². The lowest BCUT2D eigenvalue weighted by atomic mass is 9.84. The lowest BCUT2D eigenvalue weighted by Gasteiger charge is -2.31. The van der Waals surface area contributed by atoms with Gasteiger partial charge in [-0.15, -0.1) is 0 Å². The summed E-state index contributed by atoms with van der Waals surface area (Å²) in [6.07, 6.45) is 3.85. The summed E-state index contributed by atoms with van der Waals surface area (Å²) in [6, 6.07) is -0.431. The van der Waals surface area contributed by atoms with Gasteiger partial charge in [0.15, 0.2) is 0 Å². The maximum Gasteiger partial charge on any atom is 0.308 e. The first-order valence-electron chi connectivity index (χ1n) is 7.80. The summed E-state index contributed by atoms with van der Waals surface area (Å²) >= 11 is 0. The van der Waals surface area contributed by atoms with E-state index in [4.69, 9.17) is 4.74 Å². The Morgan fingerprint density at radius 2 is 2.05 bits per heavy atom. The number of hydrogen-bond acceptors (Lipinski definition) is 4. The molecular weight excluding hydrogens is 272 g/mol. The number of nitrogens with one attached hydrogen (secondary N) is 2. The topological polar surface area (TPSA) is 87.7 Å². The number of fused-ring (bicyclic) bond motifs is 2. The van der Waals surface area contributed by atoms with E-state index in [9.17, 15) is 14.7 Å². The molecule has 0 saturated heterocycles. The Bertz CT molecular complexity index is 388. The number of carbonyl (C=O) groups is 2. The molecule has 5 unspecified atom stereocenters. The molecule has 0 aliphatic heterocycles. The third-order valence-corrected chi connectivity index (χ3v) is 4.86. The molecule has 2 aliphatic rings. The Labute approximate surface area is 125 Å². The van der Waals surface area contributed by atoms with E-state index >= 15 is 0 Å². The van der Waals surface area contributed by atoms with E-state index in [1.165, 1.54) is 0 Å².